The number of hydrogen-bond donors (Lipinski definition) is 1. The largest absolute Gasteiger partial charge is 0.370 e. The van der Waals surface area contributed by atoms with Crippen molar-refractivity contribution < 1.29 is 4.52 Å². The molecule has 1 saturated heterocycles. The van der Waals surface area contributed by atoms with E-state index in [1.165, 1.54) is 24.8 Å². The van der Waals surface area contributed by atoms with Gasteiger partial charge in [0.05, 0.1) is 6.04 Å². The van der Waals surface area contributed by atoms with E-state index in [-0.39, 0.29) is 6.04 Å². The maximum absolute atomic E-state index is 5.49. The lowest BCUT2D eigenvalue weighted by Crippen LogP contribution is -2.26. The molecule has 6 heteroatoms. The molecule has 128 valence electrons. The van der Waals surface area contributed by atoms with Crippen molar-refractivity contribution in [1.82, 2.24) is 20.0 Å². The predicted molar refractivity (Wildman–Crippen MR) is 91.8 cm³/mol. The van der Waals surface area contributed by atoms with Crippen LogP contribution < -0.4 is 5.32 Å². The maximum Gasteiger partial charge on any atom is 0.243 e. The minimum absolute atomic E-state index is 0.201. The van der Waals surface area contributed by atoms with E-state index in [1.807, 2.05) is 12.3 Å². The van der Waals surface area contributed by atoms with Gasteiger partial charge in [-0.1, -0.05) is 5.16 Å². The Balaban J connectivity index is 1.30. The number of pyridine rings is 1. The van der Waals surface area contributed by atoms with E-state index < -0.39 is 0 Å². The molecule has 0 radical (unpaired) electrons. The van der Waals surface area contributed by atoms with Crippen LogP contribution in [0.3, 0.4) is 0 Å². The molecule has 2 aromatic heterocycles. The van der Waals surface area contributed by atoms with Gasteiger partial charge in [0.15, 0.2) is 5.82 Å². The van der Waals surface area contributed by atoms with Crippen molar-refractivity contribution in [2.75, 3.05) is 25.0 Å². The highest BCUT2D eigenvalue weighted by Crippen LogP contribution is 2.39. The highest BCUT2D eigenvalue weighted by molar-refractivity contribution is 5.36. The fourth-order valence-corrected chi connectivity index (χ4v) is 3.34. The lowest BCUT2D eigenvalue weighted by Gasteiger charge is -2.21. The van der Waals surface area contributed by atoms with Crippen LogP contribution in [0.4, 0.5) is 5.82 Å². The number of nitrogens with zero attached hydrogens (tertiary/aromatic N) is 4. The molecule has 1 N–H and O–H groups in total. The molecule has 0 unspecified atom stereocenters. The number of aryl methyl sites for hydroxylation is 1. The van der Waals surface area contributed by atoms with Crippen molar-refractivity contribution in [3.63, 3.8) is 0 Å². The summed E-state index contributed by atoms with van der Waals surface area (Å²) in [6.45, 7) is 7.35. The maximum atomic E-state index is 5.49. The minimum Gasteiger partial charge on any atom is -0.370 e. The van der Waals surface area contributed by atoms with E-state index in [0.29, 0.717) is 11.8 Å². The van der Waals surface area contributed by atoms with Gasteiger partial charge in [0.1, 0.15) is 5.82 Å². The molecular formula is C18H25N5O. The Bertz CT molecular complexity index is 696. The molecule has 2 aliphatic rings. The first-order chi connectivity index (χ1) is 11.7. The van der Waals surface area contributed by atoms with Gasteiger partial charge >= 0.3 is 0 Å². The topological polar surface area (TPSA) is 67.1 Å². The molecule has 1 saturated carbocycles. The summed E-state index contributed by atoms with van der Waals surface area (Å²) < 4.78 is 5.49. The van der Waals surface area contributed by atoms with E-state index in [0.717, 1.165) is 37.2 Å². The third kappa shape index (κ3) is 3.43. The summed E-state index contributed by atoms with van der Waals surface area (Å²) in [4.78, 5) is 11.4. The van der Waals surface area contributed by atoms with Crippen LogP contribution in [0.1, 0.15) is 55.4 Å². The zero-order valence-electron chi connectivity index (χ0n) is 14.4. The van der Waals surface area contributed by atoms with Crippen LogP contribution in [-0.4, -0.2) is 39.7 Å². The van der Waals surface area contributed by atoms with Gasteiger partial charge in [-0.15, -0.1) is 0 Å². The average molecular weight is 327 g/mol. The first-order valence-corrected chi connectivity index (χ1v) is 8.93. The van der Waals surface area contributed by atoms with Gasteiger partial charge in [-0.25, -0.2) is 4.98 Å². The average Bonchev–Trinajstić information content (AvgIpc) is 3.12. The highest BCUT2D eigenvalue weighted by Gasteiger charge is 2.32. The summed E-state index contributed by atoms with van der Waals surface area (Å²) >= 11 is 0. The number of hydrogen-bond acceptors (Lipinski definition) is 6. The van der Waals surface area contributed by atoms with Gasteiger partial charge in [-0.05, 0) is 63.3 Å². The normalized spacial score (nSPS) is 22.7. The van der Waals surface area contributed by atoms with Gasteiger partial charge < -0.3 is 9.84 Å². The Kier molecular flexibility index (Phi) is 4.22. The quantitative estimate of drug-likeness (QED) is 0.879. The van der Waals surface area contributed by atoms with Gasteiger partial charge in [0, 0.05) is 25.2 Å². The number of likely N-dealkylation sites (tertiary alicyclic amines) is 1. The number of anilines is 1. The van der Waals surface area contributed by atoms with Gasteiger partial charge in [-0.3, -0.25) is 4.90 Å². The van der Waals surface area contributed by atoms with Crippen molar-refractivity contribution in [2.45, 2.75) is 45.1 Å². The molecule has 0 aromatic carbocycles. The first-order valence-electron chi connectivity index (χ1n) is 8.93. The summed E-state index contributed by atoms with van der Waals surface area (Å²) in [5.74, 6) is 3.81. The molecule has 3 heterocycles. The summed E-state index contributed by atoms with van der Waals surface area (Å²) in [6, 6.07) is 4.31. The fraction of sp³-hybridized carbons (Fsp3) is 0.611. The molecule has 6 nitrogen and oxygen atoms in total. The van der Waals surface area contributed by atoms with Crippen LogP contribution in [0.2, 0.25) is 0 Å². The first kappa shape index (κ1) is 15.6. The van der Waals surface area contributed by atoms with E-state index in [1.54, 1.807) is 0 Å². The second-order valence-electron chi connectivity index (χ2n) is 7.19. The predicted octanol–water partition coefficient (Wildman–Crippen LogP) is 3.15. The molecular weight excluding hydrogens is 302 g/mol. The molecule has 2 aromatic rings. The Morgan fingerprint density at radius 1 is 1.38 bits per heavy atom. The Labute approximate surface area is 142 Å². The second kappa shape index (κ2) is 6.51. The fourth-order valence-electron chi connectivity index (χ4n) is 3.34. The Morgan fingerprint density at radius 2 is 2.25 bits per heavy atom. The summed E-state index contributed by atoms with van der Waals surface area (Å²) in [5, 5.41) is 7.61. The molecule has 24 heavy (non-hydrogen) atoms. The van der Waals surface area contributed by atoms with Crippen molar-refractivity contribution >= 4 is 5.82 Å². The number of rotatable bonds is 6. The van der Waals surface area contributed by atoms with Crippen molar-refractivity contribution in [1.29, 1.82) is 0 Å². The smallest absolute Gasteiger partial charge is 0.243 e. The summed E-state index contributed by atoms with van der Waals surface area (Å²) in [6.07, 6.45) is 5.45. The third-order valence-corrected chi connectivity index (χ3v) is 5.11. The second-order valence-corrected chi connectivity index (χ2v) is 7.19. The van der Waals surface area contributed by atoms with E-state index in [9.17, 15) is 0 Å². The molecule has 4 rings (SSSR count). The summed E-state index contributed by atoms with van der Waals surface area (Å²) in [5.41, 5.74) is 1.23. The summed E-state index contributed by atoms with van der Waals surface area (Å²) in [7, 11) is 0. The SMILES string of the molecule is Cc1ccnc(NC[C@@H]2CCN([C@@H](C)c3nc(C4CC4)no3)C2)c1. The third-order valence-electron chi connectivity index (χ3n) is 5.11. The zero-order valence-corrected chi connectivity index (χ0v) is 14.4. The molecule has 2 atom stereocenters. The standard InChI is InChI=1S/C18H25N5O/c1-12-5-7-19-16(9-12)20-10-14-6-8-23(11-14)13(2)18-21-17(22-24-18)15-3-4-15/h5,7,9,13-15H,3-4,6,8,10-11H2,1-2H3,(H,19,20)/t13-,14-/m0/s1. The van der Waals surface area contributed by atoms with Crippen molar-refractivity contribution in [3.05, 3.63) is 35.6 Å². The van der Waals surface area contributed by atoms with Crippen LogP contribution >= 0.6 is 0 Å². The monoisotopic (exact) mass is 327 g/mol. The van der Waals surface area contributed by atoms with Crippen molar-refractivity contribution in [2.24, 2.45) is 5.92 Å². The van der Waals surface area contributed by atoms with E-state index >= 15 is 0 Å². The molecule has 0 amide bonds. The zero-order chi connectivity index (χ0) is 16.5. The van der Waals surface area contributed by atoms with E-state index in [2.05, 4.69) is 45.3 Å². The van der Waals surface area contributed by atoms with Crippen LogP contribution in [0.25, 0.3) is 0 Å². The van der Waals surface area contributed by atoms with E-state index in [4.69, 9.17) is 4.52 Å². The highest BCUT2D eigenvalue weighted by atomic mass is 16.5. The number of aromatic nitrogens is 3. The van der Waals surface area contributed by atoms with Gasteiger partial charge in [0.25, 0.3) is 0 Å². The number of nitrogens with one attached hydrogen (secondary N) is 1. The molecule has 2 fully saturated rings. The van der Waals surface area contributed by atoms with Crippen LogP contribution in [-0.2, 0) is 0 Å². The molecule has 1 aliphatic heterocycles. The lowest BCUT2D eigenvalue weighted by molar-refractivity contribution is 0.203. The lowest BCUT2D eigenvalue weighted by atomic mass is 10.1. The minimum atomic E-state index is 0.201. The van der Waals surface area contributed by atoms with Crippen LogP contribution in [0.5, 0.6) is 0 Å². The van der Waals surface area contributed by atoms with Crippen LogP contribution in [0.15, 0.2) is 22.9 Å². The van der Waals surface area contributed by atoms with Gasteiger partial charge in [-0.2, -0.15) is 4.98 Å². The molecule has 1 aliphatic carbocycles. The van der Waals surface area contributed by atoms with Crippen molar-refractivity contribution in [3.8, 4) is 0 Å². The van der Waals surface area contributed by atoms with Crippen LogP contribution in [0, 0.1) is 12.8 Å². The Hall–Kier alpha value is -1.95. The Morgan fingerprint density at radius 3 is 3.04 bits per heavy atom. The van der Waals surface area contributed by atoms with Gasteiger partial charge in [0.2, 0.25) is 5.89 Å². The molecule has 0 spiro atoms. The molecule has 0 bridgehead atoms.